The number of rotatable bonds is 11. The molecule has 0 saturated carbocycles. The van der Waals surface area contributed by atoms with Gasteiger partial charge >= 0.3 is 0 Å². The van der Waals surface area contributed by atoms with E-state index in [9.17, 15) is 9.59 Å². The van der Waals surface area contributed by atoms with E-state index in [1.165, 1.54) is 6.21 Å². The Morgan fingerprint density at radius 2 is 1.69 bits per heavy atom. The summed E-state index contributed by atoms with van der Waals surface area (Å²) in [6.07, 6.45) is 1.59. The van der Waals surface area contributed by atoms with Crippen molar-refractivity contribution in [2.45, 2.75) is 33.3 Å². The molecular weight excluding hydrogens is 466 g/mol. The molecule has 0 unspecified atom stereocenters. The van der Waals surface area contributed by atoms with E-state index in [0.717, 1.165) is 22.4 Å². The first kappa shape index (κ1) is 25.8. The van der Waals surface area contributed by atoms with Crippen LogP contribution in [-0.4, -0.2) is 24.6 Å². The Kier molecular flexibility index (Phi) is 9.69. The summed E-state index contributed by atoms with van der Waals surface area (Å²) in [5, 5.41) is 7.46. The first-order chi connectivity index (χ1) is 16.9. The summed E-state index contributed by atoms with van der Waals surface area (Å²) >= 11 is 5.92. The van der Waals surface area contributed by atoms with E-state index >= 15 is 0 Å². The molecule has 2 N–H and O–H groups in total. The zero-order valence-electron chi connectivity index (χ0n) is 19.7. The third-order valence-electron chi connectivity index (χ3n) is 4.98. The van der Waals surface area contributed by atoms with Gasteiger partial charge in [0.2, 0.25) is 11.8 Å². The van der Waals surface area contributed by atoms with Crippen molar-refractivity contribution >= 4 is 35.3 Å². The number of ether oxygens (including phenoxy) is 2. The molecule has 0 radical (unpaired) electrons. The van der Waals surface area contributed by atoms with Crippen LogP contribution < -0.4 is 20.2 Å². The summed E-state index contributed by atoms with van der Waals surface area (Å²) < 4.78 is 11.6. The largest absolute Gasteiger partial charge is 0.490 e. The first-order valence-electron chi connectivity index (χ1n) is 11.3. The van der Waals surface area contributed by atoms with Crippen LogP contribution in [-0.2, 0) is 16.2 Å². The van der Waals surface area contributed by atoms with E-state index in [0.29, 0.717) is 29.7 Å². The summed E-state index contributed by atoms with van der Waals surface area (Å²) in [6, 6.07) is 20.3. The van der Waals surface area contributed by atoms with Crippen molar-refractivity contribution in [3.05, 3.63) is 88.4 Å². The fourth-order valence-electron chi connectivity index (χ4n) is 3.12. The van der Waals surface area contributed by atoms with Crippen LogP contribution in [0.2, 0.25) is 5.02 Å². The zero-order chi connectivity index (χ0) is 25.0. The molecular formula is C27H28ClN3O4. The second kappa shape index (κ2) is 13.2. The number of benzene rings is 3. The van der Waals surface area contributed by atoms with Crippen LogP contribution >= 0.6 is 11.6 Å². The monoisotopic (exact) mass is 493 g/mol. The second-order valence-corrected chi connectivity index (χ2v) is 8.15. The van der Waals surface area contributed by atoms with Crippen molar-refractivity contribution in [2.75, 3.05) is 11.9 Å². The molecule has 7 nitrogen and oxygen atoms in total. The number of hydrogen-bond donors (Lipinski definition) is 2. The number of amides is 2. The average molecular weight is 494 g/mol. The van der Waals surface area contributed by atoms with Gasteiger partial charge in [-0.05, 0) is 66.9 Å². The van der Waals surface area contributed by atoms with Crippen LogP contribution in [0.5, 0.6) is 11.5 Å². The number of anilines is 1. The molecule has 35 heavy (non-hydrogen) atoms. The number of carbonyl (C=O) groups is 2. The molecule has 2 amide bonds. The molecule has 0 atom stereocenters. The minimum Gasteiger partial charge on any atom is -0.490 e. The SMILES string of the molecule is CCOc1cc(C=NNC(=O)CCC(=O)Nc2ccccc2C)ccc1OCc1ccc(Cl)cc1. The summed E-state index contributed by atoms with van der Waals surface area (Å²) in [5.74, 6) is 0.593. The highest BCUT2D eigenvalue weighted by Gasteiger charge is 2.09. The second-order valence-electron chi connectivity index (χ2n) is 7.71. The predicted molar refractivity (Wildman–Crippen MR) is 138 cm³/mol. The van der Waals surface area contributed by atoms with E-state index in [2.05, 4.69) is 15.8 Å². The number of aryl methyl sites for hydroxylation is 1. The minimum atomic E-state index is -0.353. The number of hydrazone groups is 1. The van der Waals surface area contributed by atoms with Crippen molar-refractivity contribution in [2.24, 2.45) is 5.10 Å². The zero-order valence-corrected chi connectivity index (χ0v) is 20.5. The van der Waals surface area contributed by atoms with Gasteiger partial charge in [0.15, 0.2) is 11.5 Å². The van der Waals surface area contributed by atoms with Gasteiger partial charge in [0.1, 0.15) is 6.61 Å². The van der Waals surface area contributed by atoms with Gasteiger partial charge in [0.25, 0.3) is 0 Å². The van der Waals surface area contributed by atoms with Crippen molar-refractivity contribution in [3.8, 4) is 11.5 Å². The van der Waals surface area contributed by atoms with Gasteiger partial charge in [-0.25, -0.2) is 5.43 Å². The van der Waals surface area contributed by atoms with Crippen LogP contribution in [0.3, 0.4) is 0 Å². The molecule has 0 spiro atoms. The Hall–Kier alpha value is -3.84. The van der Waals surface area contributed by atoms with Crippen molar-refractivity contribution in [1.82, 2.24) is 5.43 Å². The van der Waals surface area contributed by atoms with E-state index in [1.54, 1.807) is 12.1 Å². The highest BCUT2D eigenvalue weighted by atomic mass is 35.5. The maximum absolute atomic E-state index is 12.1. The summed E-state index contributed by atoms with van der Waals surface area (Å²) in [4.78, 5) is 24.2. The highest BCUT2D eigenvalue weighted by molar-refractivity contribution is 6.30. The van der Waals surface area contributed by atoms with Crippen molar-refractivity contribution in [1.29, 1.82) is 0 Å². The Morgan fingerprint density at radius 1 is 0.943 bits per heavy atom. The third kappa shape index (κ3) is 8.46. The predicted octanol–water partition coefficient (Wildman–Crippen LogP) is 5.50. The first-order valence-corrected chi connectivity index (χ1v) is 11.6. The van der Waals surface area contributed by atoms with Crippen LogP contribution in [0.4, 0.5) is 5.69 Å². The minimum absolute atomic E-state index is 0.0245. The lowest BCUT2D eigenvalue weighted by Crippen LogP contribution is -2.20. The Labute approximate surface area is 210 Å². The Balaban J connectivity index is 1.49. The maximum Gasteiger partial charge on any atom is 0.240 e. The lowest BCUT2D eigenvalue weighted by atomic mass is 10.2. The van der Waals surface area contributed by atoms with E-state index < -0.39 is 0 Å². The van der Waals surface area contributed by atoms with Gasteiger partial charge in [-0.15, -0.1) is 0 Å². The number of nitrogens with one attached hydrogen (secondary N) is 2. The summed E-state index contributed by atoms with van der Waals surface area (Å²) in [7, 11) is 0. The Morgan fingerprint density at radius 3 is 2.43 bits per heavy atom. The Bertz CT molecular complexity index is 1180. The highest BCUT2D eigenvalue weighted by Crippen LogP contribution is 2.29. The molecule has 3 aromatic rings. The maximum atomic E-state index is 12.1. The van der Waals surface area contributed by atoms with Crippen LogP contribution in [0, 0.1) is 6.92 Å². The van der Waals surface area contributed by atoms with Crippen LogP contribution in [0.15, 0.2) is 71.8 Å². The molecule has 3 rings (SSSR count). The molecule has 0 heterocycles. The molecule has 0 aliphatic carbocycles. The third-order valence-corrected chi connectivity index (χ3v) is 5.23. The van der Waals surface area contributed by atoms with Gasteiger partial charge in [0, 0.05) is 23.6 Å². The number of hydrogen-bond acceptors (Lipinski definition) is 5. The van der Waals surface area contributed by atoms with Gasteiger partial charge < -0.3 is 14.8 Å². The van der Waals surface area contributed by atoms with Crippen LogP contribution in [0.25, 0.3) is 0 Å². The summed E-state index contributed by atoms with van der Waals surface area (Å²) in [6.45, 7) is 4.64. The van der Waals surface area contributed by atoms with Crippen molar-refractivity contribution < 1.29 is 19.1 Å². The fraction of sp³-hybridized carbons (Fsp3) is 0.222. The number of para-hydroxylation sites is 1. The molecule has 182 valence electrons. The molecule has 0 saturated heterocycles. The standard InChI is InChI=1S/C27H28ClN3O4/c1-3-34-25-16-21(10-13-24(25)35-18-20-8-11-22(28)12-9-20)17-29-31-27(33)15-14-26(32)30-23-7-5-4-6-19(23)2/h4-13,16-17H,3,14-15,18H2,1-2H3,(H,30,32)(H,31,33). The number of halogens is 1. The van der Waals surface area contributed by atoms with E-state index in [-0.39, 0.29) is 24.7 Å². The van der Waals surface area contributed by atoms with E-state index in [1.807, 2.05) is 68.4 Å². The van der Waals surface area contributed by atoms with Gasteiger partial charge in [-0.1, -0.05) is 41.9 Å². The van der Waals surface area contributed by atoms with Gasteiger partial charge in [-0.2, -0.15) is 5.10 Å². The van der Waals surface area contributed by atoms with Crippen molar-refractivity contribution in [3.63, 3.8) is 0 Å². The average Bonchev–Trinajstić information content (AvgIpc) is 2.85. The molecule has 0 fully saturated rings. The molecule has 8 heteroatoms. The quantitative estimate of drug-likeness (QED) is 0.273. The molecule has 0 aliphatic rings. The van der Waals surface area contributed by atoms with Crippen LogP contribution in [0.1, 0.15) is 36.5 Å². The molecule has 3 aromatic carbocycles. The normalized spacial score (nSPS) is 10.7. The van der Waals surface area contributed by atoms with E-state index in [4.69, 9.17) is 21.1 Å². The lowest BCUT2D eigenvalue weighted by molar-refractivity contribution is -0.124. The topological polar surface area (TPSA) is 89.0 Å². The smallest absolute Gasteiger partial charge is 0.240 e. The summed E-state index contributed by atoms with van der Waals surface area (Å²) in [5.41, 5.74) is 5.86. The van der Waals surface area contributed by atoms with Gasteiger partial charge in [0.05, 0.1) is 12.8 Å². The lowest BCUT2D eigenvalue weighted by Gasteiger charge is -2.12. The molecule has 0 aromatic heterocycles. The fourth-order valence-corrected chi connectivity index (χ4v) is 3.25. The molecule has 0 bridgehead atoms. The molecule has 0 aliphatic heterocycles. The number of carbonyl (C=O) groups excluding carboxylic acids is 2. The number of nitrogens with zero attached hydrogens (tertiary/aromatic N) is 1. The van der Waals surface area contributed by atoms with Gasteiger partial charge in [-0.3, -0.25) is 9.59 Å².